The second kappa shape index (κ2) is 7.22. The summed E-state index contributed by atoms with van der Waals surface area (Å²) in [6, 6.07) is 13.2. The topological polar surface area (TPSA) is 58.2 Å². The standard InChI is InChI=1S/C17H17BrN2O2/c1-11-5-3-4-6-13(11)10-19-16(21)17(22)20-15-8-7-14(18)9-12(15)2/h3-9H,10H2,1-2H3,(H,19,21)(H,20,22). The van der Waals surface area contributed by atoms with Crippen LogP contribution in [0, 0.1) is 13.8 Å². The van der Waals surface area contributed by atoms with Gasteiger partial charge in [-0.15, -0.1) is 0 Å². The van der Waals surface area contributed by atoms with Crippen LogP contribution in [-0.2, 0) is 16.1 Å². The molecule has 0 bridgehead atoms. The van der Waals surface area contributed by atoms with Gasteiger partial charge in [-0.25, -0.2) is 0 Å². The van der Waals surface area contributed by atoms with Crippen molar-refractivity contribution in [2.24, 2.45) is 0 Å². The Morgan fingerprint density at radius 1 is 1.00 bits per heavy atom. The number of nitrogens with one attached hydrogen (secondary N) is 2. The number of carbonyl (C=O) groups is 2. The maximum Gasteiger partial charge on any atom is 0.313 e. The number of hydrogen-bond donors (Lipinski definition) is 2. The van der Waals surface area contributed by atoms with Crippen LogP contribution in [0.15, 0.2) is 46.9 Å². The van der Waals surface area contributed by atoms with Gasteiger partial charge in [0.25, 0.3) is 0 Å². The predicted octanol–water partition coefficient (Wildman–Crippen LogP) is 3.32. The highest BCUT2D eigenvalue weighted by Crippen LogP contribution is 2.19. The summed E-state index contributed by atoms with van der Waals surface area (Å²) in [5.74, 6) is -1.32. The highest BCUT2D eigenvalue weighted by atomic mass is 79.9. The first kappa shape index (κ1) is 16.2. The first-order chi connectivity index (χ1) is 10.5. The van der Waals surface area contributed by atoms with Crippen molar-refractivity contribution in [3.8, 4) is 0 Å². The molecule has 2 rings (SSSR count). The normalized spacial score (nSPS) is 10.1. The van der Waals surface area contributed by atoms with Gasteiger partial charge < -0.3 is 10.6 Å². The second-order valence-electron chi connectivity index (χ2n) is 5.02. The van der Waals surface area contributed by atoms with Gasteiger partial charge in [-0.05, 0) is 48.7 Å². The van der Waals surface area contributed by atoms with Crippen molar-refractivity contribution in [2.45, 2.75) is 20.4 Å². The summed E-state index contributed by atoms with van der Waals surface area (Å²) in [5, 5.41) is 5.25. The van der Waals surface area contributed by atoms with E-state index in [1.165, 1.54) is 0 Å². The summed E-state index contributed by atoms with van der Waals surface area (Å²) in [7, 11) is 0. The SMILES string of the molecule is Cc1ccccc1CNC(=O)C(=O)Nc1ccc(Br)cc1C. The average Bonchev–Trinajstić information content (AvgIpc) is 2.49. The lowest BCUT2D eigenvalue weighted by Crippen LogP contribution is -2.35. The van der Waals surface area contributed by atoms with Crippen LogP contribution in [0.5, 0.6) is 0 Å². The maximum absolute atomic E-state index is 11.9. The third kappa shape index (κ3) is 4.18. The number of hydrogen-bond acceptors (Lipinski definition) is 2. The van der Waals surface area contributed by atoms with Gasteiger partial charge in [0.05, 0.1) is 0 Å². The van der Waals surface area contributed by atoms with E-state index < -0.39 is 11.8 Å². The van der Waals surface area contributed by atoms with Gasteiger partial charge in [-0.3, -0.25) is 9.59 Å². The van der Waals surface area contributed by atoms with E-state index in [2.05, 4.69) is 26.6 Å². The van der Waals surface area contributed by atoms with Crippen LogP contribution in [0.4, 0.5) is 5.69 Å². The zero-order valence-corrected chi connectivity index (χ0v) is 14.0. The molecule has 0 fully saturated rings. The molecule has 2 N–H and O–H groups in total. The molecule has 0 aliphatic heterocycles. The molecule has 0 aliphatic carbocycles. The first-order valence-corrected chi connectivity index (χ1v) is 7.66. The molecule has 0 saturated carbocycles. The van der Waals surface area contributed by atoms with Crippen LogP contribution in [0.2, 0.25) is 0 Å². The van der Waals surface area contributed by atoms with Crippen molar-refractivity contribution in [3.63, 3.8) is 0 Å². The minimum atomic E-state index is -0.668. The van der Waals surface area contributed by atoms with Crippen molar-refractivity contribution < 1.29 is 9.59 Å². The van der Waals surface area contributed by atoms with Crippen molar-refractivity contribution in [1.82, 2.24) is 5.32 Å². The fraction of sp³-hybridized carbons (Fsp3) is 0.176. The summed E-state index contributed by atoms with van der Waals surface area (Å²) in [5.41, 5.74) is 3.57. The monoisotopic (exact) mass is 360 g/mol. The van der Waals surface area contributed by atoms with E-state index in [-0.39, 0.29) is 0 Å². The molecule has 0 atom stereocenters. The van der Waals surface area contributed by atoms with Crippen LogP contribution in [0.25, 0.3) is 0 Å². The molecular formula is C17H17BrN2O2. The number of benzene rings is 2. The zero-order chi connectivity index (χ0) is 16.1. The Balaban J connectivity index is 1.95. The molecule has 2 aromatic carbocycles. The van der Waals surface area contributed by atoms with E-state index in [0.29, 0.717) is 12.2 Å². The number of anilines is 1. The summed E-state index contributed by atoms with van der Waals surface area (Å²) >= 11 is 3.36. The Bertz CT molecular complexity index is 714. The number of aryl methyl sites for hydroxylation is 2. The van der Waals surface area contributed by atoms with Crippen molar-refractivity contribution in [1.29, 1.82) is 0 Å². The quantitative estimate of drug-likeness (QED) is 0.824. The smallest absolute Gasteiger partial charge is 0.313 e. The predicted molar refractivity (Wildman–Crippen MR) is 90.5 cm³/mol. The first-order valence-electron chi connectivity index (χ1n) is 6.87. The van der Waals surface area contributed by atoms with Gasteiger partial charge in [-0.1, -0.05) is 40.2 Å². The number of halogens is 1. The second-order valence-corrected chi connectivity index (χ2v) is 5.94. The molecule has 4 nitrogen and oxygen atoms in total. The van der Waals surface area contributed by atoms with Gasteiger partial charge in [-0.2, -0.15) is 0 Å². The summed E-state index contributed by atoms with van der Waals surface area (Å²) in [6.07, 6.45) is 0. The summed E-state index contributed by atoms with van der Waals surface area (Å²) < 4.78 is 0.923. The largest absolute Gasteiger partial charge is 0.344 e. The van der Waals surface area contributed by atoms with Gasteiger partial charge in [0.15, 0.2) is 0 Å². The highest BCUT2D eigenvalue weighted by molar-refractivity contribution is 9.10. The lowest BCUT2D eigenvalue weighted by molar-refractivity contribution is -0.136. The Labute approximate surface area is 138 Å². The molecular weight excluding hydrogens is 344 g/mol. The molecule has 0 radical (unpaired) electrons. The van der Waals surface area contributed by atoms with Crippen molar-refractivity contribution in [2.75, 3.05) is 5.32 Å². The van der Waals surface area contributed by atoms with E-state index in [9.17, 15) is 9.59 Å². The maximum atomic E-state index is 11.9. The molecule has 22 heavy (non-hydrogen) atoms. The van der Waals surface area contributed by atoms with Crippen LogP contribution in [-0.4, -0.2) is 11.8 Å². The molecule has 2 amide bonds. The van der Waals surface area contributed by atoms with Crippen molar-refractivity contribution in [3.05, 3.63) is 63.6 Å². The number of amides is 2. The van der Waals surface area contributed by atoms with Gasteiger partial charge in [0, 0.05) is 16.7 Å². The lowest BCUT2D eigenvalue weighted by Gasteiger charge is -2.10. The minimum Gasteiger partial charge on any atom is -0.344 e. The molecule has 114 valence electrons. The third-order valence-corrected chi connectivity index (χ3v) is 3.84. The minimum absolute atomic E-state index is 0.332. The highest BCUT2D eigenvalue weighted by Gasteiger charge is 2.14. The number of rotatable bonds is 3. The van der Waals surface area contributed by atoms with Gasteiger partial charge in [0.2, 0.25) is 0 Å². The average molecular weight is 361 g/mol. The summed E-state index contributed by atoms with van der Waals surface area (Å²) in [6.45, 7) is 4.16. The third-order valence-electron chi connectivity index (χ3n) is 3.34. The molecule has 0 aliphatic rings. The number of carbonyl (C=O) groups excluding carboxylic acids is 2. The van der Waals surface area contributed by atoms with Gasteiger partial charge >= 0.3 is 11.8 Å². The lowest BCUT2D eigenvalue weighted by atomic mass is 10.1. The van der Waals surface area contributed by atoms with Crippen LogP contribution in [0.3, 0.4) is 0 Å². The van der Waals surface area contributed by atoms with Crippen LogP contribution < -0.4 is 10.6 Å². The van der Waals surface area contributed by atoms with Crippen LogP contribution >= 0.6 is 15.9 Å². The molecule has 0 unspecified atom stereocenters. The Kier molecular flexibility index (Phi) is 5.33. The molecule has 0 saturated heterocycles. The van der Waals surface area contributed by atoms with Crippen LogP contribution in [0.1, 0.15) is 16.7 Å². The van der Waals surface area contributed by atoms with E-state index >= 15 is 0 Å². The van der Waals surface area contributed by atoms with E-state index in [4.69, 9.17) is 0 Å². The van der Waals surface area contributed by atoms with E-state index in [1.54, 1.807) is 6.07 Å². The fourth-order valence-electron chi connectivity index (χ4n) is 2.01. The van der Waals surface area contributed by atoms with E-state index in [1.807, 2.05) is 50.2 Å². The molecule has 0 spiro atoms. The molecule has 2 aromatic rings. The van der Waals surface area contributed by atoms with Crippen molar-refractivity contribution >= 4 is 33.4 Å². The molecule has 5 heteroatoms. The van der Waals surface area contributed by atoms with Gasteiger partial charge in [0.1, 0.15) is 0 Å². The Morgan fingerprint density at radius 3 is 2.41 bits per heavy atom. The molecule has 0 aromatic heterocycles. The zero-order valence-electron chi connectivity index (χ0n) is 12.4. The summed E-state index contributed by atoms with van der Waals surface area (Å²) in [4.78, 5) is 23.8. The Hall–Kier alpha value is -2.14. The fourth-order valence-corrected chi connectivity index (χ4v) is 2.49. The Morgan fingerprint density at radius 2 is 1.73 bits per heavy atom. The molecule has 0 heterocycles. The van der Waals surface area contributed by atoms with E-state index in [0.717, 1.165) is 21.2 Å².